The third-order valence-corrected chi connectivity index (χ3v) is 3.92. The minimum absolute atomic E-state index is 0.0275. The number of carbonyl (C=O) groups is 2. The number of anilines is 1. The highest BCUT2D eigenvalue weighted by molar-refractivity contribution is 6.02. The molecular formula is C15H18N2O3. The highest BCUT2D eigenvalue weighted by Gasteiger charge is 2.38. The standard InChI is InChI=1S/C15H18N2O3/c1-11(18)17-13-5-3-2-4-12(13)10-14(17)15(19)16-6-8-20-9-7-16/h2-5,14H,6-10H2,1H3/t14-/m0/s1. The van der Waals surface area contributed by atoms with Crippen LogP contribution in [-0.2, 0) is 20.7 Å². The number of morpholine rings is 1. The number of hydrogen-bond donors (Lipinski definition) is 0. The van der Waals surface area contributed by atoms with E-state index < -0.39 is 6.04 Å². The molecule has 106 valence electrons. The molecule has 0 saturated carbocycles. The molecule has 3 rings (SSSR count). The summed E-state index contributed by atoms with van der Waals surface area (Å²) in [5, 5.41) is 0. The van der Waals surface area contributed by atoms with Gasteiger partial charge in [0.05, 0.1) is 13.2 Å². The van der Waals surface area contributed by atoms with Gasteiger partial charge in [0.2, 0.25) is 11.8 Å². The molecule has 20 heavy (non-hydrogen) atoms. The Bertz CT molecular complexity index is 538. The number of para-hydroxylation sites is 1. The van der Waals surface area contributed by atoms with Gasteiger partial charge >= 0.3 is 0 Å². The lowest BCUT2D eigenvalue weighted by Gasteiger charge is -2.32. The predicted octanol–water partition coefficient (Wildman–Crippen LogP) is 0.823. The lowest BCUT2D eigenvalue weighted by molar-refractivity contribution is -0.137. The molecule has 0 aromatic heterocycles. The Morgan fingerprint density at radius 2 is 1.90 bits per heavy atom. The summed E-state index contributed by atoms with van der Waals surface area (Å²) >= 11 is 0. The molecule has 1 aromatic carbocycles. The molecule has 5 nitrogen and oxygen atoms in total. The van der Waals surface area contributed by atoms with Crippen LogP contribution in [0.3, 0.4) is 0 Å². The van der Waals surface area contributed by atoms with Crippen LogP contribution in [0.15, 0.2) is 24.3 Å². The molecule has 0 bridgehead atoms. The first-order valence-electron chi connectivity index (χ1n) is 6.92. The van der Waals surface area contributed by atoms with Crippen molar-refractivity contribution in [2.75, 3.05) is 31.2 Å². The van der Waals surface area contributed by atoms with Crippen molar-refractivity contribution in [3.63, 3.8) is 0 Å². The average molecular weight is 274 g/mol. The van der Waals surface area contributed by atoms with Crippen LogP contribution in [0.2, 0.25) is 0 Å². The van der Waals surface area contributed by atoms with Gasteiger partial charge in [-0.05, 0) is 11.6 Å². The van der Waals surface area contributed by atoms with Gasteiger partial charge in [-0.15, -0.1) is 0 Å². The summed E-state index contributed by atoms with van der Waals surface area (Å²) in [6, 6.07) is 7.33. The average Bonchev–Trinajstić information content (AvgIpc) is 2.86. The van der Waals surface area contributed by atoms with Crippen LogP contribution in [0.5, 0.6) is 0 Å². The smallest absolute Gasteiger partial charge is 0.246 e. The maximum Gasteiger partial charge on any atom is 0.246 e. The summed E-state index contributed by atoms with van der Waals surface area (Å²) in [5.74, 6) is -0.0544. The Balaban J connectivity index is 1.86. The monoisotopic (exact) mass is 274 g/mol. The largest absolute Gasteiger partial charge is 0.378 e. The number of benzene rings is 1. The Labute approximate surface area is 118 Å². The lowest BCUT2D eigenvalue weighted by Crippen LogP contribution is -2.52. The van der Waals surface area contributed by atoms with E-state index in [0.29, 0.717) is 32.7 Å². The number of rotatable bonds is 1. The van der Waals surface area contributed by atoms with E-state index in [9.17, 15) is 9.59 Å². The van der Waals surface area contributed by atoms with Crippen LogP contribution in [0.4, 0.5) is 5.69 Å². The fourth-order valence-corrected chi connectivity index (χ4v) is 2.97. The van der Waals surface area contributed by atoms with Gasteiger partial charge in [0, 0.05) is 32.1 Å². The van der Waals surface area contributed by atoms with E-state index in [1.165, 1.54) is 6.92 Å². The Hall–Kier alpha value is -1.88. The molecule has 2 amide bonds. The fourth-order valence-electron chi connectivity index (χ4n) is 2.97. The van der Waals surface area contributed by atoms with Gasteiger partial charge in [-0.1, -0.05) is 18.2 Å². The lowest BCUT2D eigenvalue weighted by atomic mass is 10.1. The third kappa shape index (κ3) is 2.18. The van der Waals surface area contributed by atoms with E-state index in [-0.39, 0.29) is 11.8 Å². The zero-order chi connectivity index (χ0) is 14.1. The van der Waals surface area contributed by atoms with Gasteiger partial charge in [0.25, 0.3) is 0 Å². The minimum atomic E-state index is -0.400. The van der Waals surface area contributed by atoms with Crippen molar-refractivity contribution < 1.29 is 14.3 Å². The Morgan fingerprint density at radius 3 is 2.60 bits per heavy atom. The zero-order valence-electron chi connectivity index (χ0n) is 11.5. The van der Waals surface area contributed by atoms with E-state index in [1.54, 1.807) is 9.80 Å². The van der Waals surface area contributed by atoms with E-state index in [0.717, 1.165) is 11.3 Å². The van der Waals surface area contributed by atoms with Crippen LogP contribution in [0.1, 0.15) is 12.5 Å². The summed E-state index contributed by atoms with van der Waals surface area (Å²) in [5.41, 5.74) is 1.93. The van der Waals surface area contributed by atoms with Gasteiger partial charge in [-0.3, -0.25) is 14.5 Å². The second-order valence-electron chi connectivity index (χ2n) is 5.18. The molecule has 0 unspecified atom stereocenters. The van der Waals surface area contributed by atoms with Gasteiger partial charge in [-0.25, -0.2) is 0 Å². The van der Waals surface area contributed by atoms with Gasteiger partial charge in [0.15, 0.2) is 0 Å². The van der Waals surface area contributed by atoms with Gasteiger partial charge in [-0.2, -0.15) is 0 Å². The summed E-state index contributed by atoms with van der Waals surface area (Å²) in [6.45, 7) is 3.88. The van der Waals surface area contributed by atoms with Crippen molar-refractivity contribution in [1.29, 1.82) is 0 Å². The number of amides is 2. The van der Waals surface area contributed by atoms with Crippen LogP contribution < -0.4 is 4.90 Å². The second-order valence-corrected chi connectivity index (χ2v) is 5.18. The fraction of sp³-hybridized carbons (Fsp3) is 0.467. The molecule has 1 fully saturated rings. The maximum atomic E-state index is 12.7. The third-order valence-electron chi connectivity index (χ3n) is 3.92. The SMILES string of the molecule is CC(=O)N1c2ccccc2C[C@H]1C(=O)N1CCOCC1. The van der Waals surface area contributed by atoms with Crippen molar-refractivity contribution >= 4 is 17.5 Å². The molecule has 2 heterocycles. The number of ether oxygens (including phenoxy) is 1. The van der Waals surface area contributed by atoms with Crippen molar-refractivity contribution in [1.82, 2.24) is 4.90 Å². The van der Waals surface area contributed by atoms with E-state index >= 15 is 0 Å². The summed E-state index contributed by atoms with van der Waals surface area (Å²) < 4.78 is 5.27. The maximum absolute atomic E-state index is 12.7. The Morgan fingerprint density at radius 1 is 1.20 bits per heavy atom. The summed E-state index contributed by atoms with van der Waals surface area (Å²) in [7, 11) is 0. The highest BCUT2D eigenvalue weighted by Crippen LogP contribution is 2.32. The Kier molecular flexibility index (Phi) is 3.44. The molecule has 2 aliphatic heterocycles. The normalized spacial score (nSPS) is 21.8. The first-order chi connectivity index (χ1) is 9.68. The molecular weight excluding hydrogens is 256 g/mol. The van der Waals surface area contributed by atoms with Crippen LogP contribution >= 0.6 is 0 Å². The molecule has 0 spiro atoms. The number of carbonyl (C=O) groups excluding carboxylic acids is 2. The van der Waals surface area contributed by atoms with Crippen LogP contribution in [0, 0.1) is 0 Å². The van der Waals surface area contributed by atoms with Crippen molar-refractivity contribution in [2.45, 2.75) is 19.4 Å². The molecule has 2 aliphatic rings. The molecule has 0 N–H and O–H groups in total. The molecule has 1 saturated heterocycles. The van der Waals surface area contributed by atoms with Crippen molar-refractivity contribution in [2.24, 2.45) is 0 Å². The zero-order valence-corrected chi connectivity index (χ0v) is 11.5. The molecule has 0 aliphatic carbocycles. The summed E-state index contributed by atoms with van der Waals surface area (Å²) in [4.78, 5) is 28.0. The summed E-state index contributed by atoms with van der Waals surface area (Å²) in [6.07, 6.45) is 0.603. The van der Waals surface area contributed by atoms with E-state index in [4.69, 9.17) is 4.74 Å². The quantitative estimate of drug-likeness (QED) is 0.762. The van der Waals surface area contributed by atoms with Crippen LogP contribution in [-0.4, -0.2) is 49.1 Å². The first kappa shape index (κ1) is 13.1. The van der Waals surface area contributed by atoms with Crippen molar-refractivity contribution in [3.8, 4) is 0 Å². The van der Waals surface area contributed by atoms with Crippen molar-refractivity contribution in [3.05, 3.63) is 29.8 Å². The second kappa shape index (κ2) is 5.25. The first-order valence-corrected chi connectivity index (χ1v) is 6.92. The molecule has 1 atom stereocenters. The predicted molar refractivity (Wildman–Crippen MR) is 74.5 cm³/mol. The van der Waals surface area contributed by atoms with Gasteiger partial charge in [0.1, 0.15) is 6.04 Å². The topological polar surface area (TPSA) is 49.9 Å². The molecule has 1 aromatic rings. The number of fused-ring (bicyclic) bond motifs is 1. The minimum Gasteiger partial charge on any atom is -0.378 e. The molecule has 5 heteroatoms. The van der Waals surface area contributed by atoms with E-state index in [2.05, 4.69) is 0 Å². The van der Waals surface area contributed by atoms with E-state index in [1.807, 2.05) is 24.3 Å². The number of hydrogen-bond acceptors (Lipinski definition) is 3. The highest BCUT2D eigenvalue weighted by atomic mass is 16.5. The number of nitrogens with zero attached hydrogens (tertiary/aromatic N) is 2. The molecule has 0 radical (unpaired) electrons. The van der Waals surface area contributed by atoms with Crippen LogP contribution in [0.25, 0.3) is 0 Å². The van der Waals surface area contributed by atoms with Gasteiger partial charge < -0.3 is 9.64 Å².